The molecular formula is C19H12BrN3O2. The Morgan fingerprint density at radius 3 is 2.88 bits per heavy atom. The fraction of sp³-hybridized carbons (Fsp3) is 0. The third kappa shape index (κ3) is 3.67. The smallest absolute Gasteiger partial charge is 0.266 e. The second-order valence-corrected chi connectivity index (χ2v) is 6.12. The van der Waals surface area contributed by atoms with E-state index in [4.69, 9.17) is 0 Å². The van der Waals surface area contributed by atoms with Gasteiger partial charge in [-0.2, -0.15) is 5.26 Å². The molecule has 3 rings (SSSR count). The number of benzene rings is 2. The molecule has 25 heavy (non-hydrogen) atoms. The SMILES string of the molecule is N#CC(=Cc1cc(Br)ccc1O)C(=O)Nc1cccc2ncccc12. The van der Waals surface area contributed by atoms with Crippen molar-refractivity contribution in [1.82, 2.24) is 4.98 Å². The minimum Gasteiger partial charge on any atom is -0.507 e. The van der Waals surface area contributed by atoms with Crippen molar-refractivity contribution in [1.29, 1.82) is 5.26 Å². The standard InChI is InChI=1S/C19H12BrN3O2/c20-14-6-7-18(24)12(10-14)9-13(11-21)19(25)23-17-5-1-4-16-15(17)3-2-8-22-16/h1-10,24H,(H,23,25). The molecular weight excluding hydrogens is 382 g/mol. The van der Waals surface area contributed by atoms with Crippen molar-refractivity contribution in [2.45, 2.75) is 0 Å². The molecule has 0 fully saturated rings. The Hall–Kier alpha value is -3.17. The molecule has 6 heteroatoms. The Labute approximate surface area is 152 Å². The summed E-state index contributed by atoms with van der Waals surface area (Å²) in [6.07, 6.45) is 3.02. The van der Waals surface area contributed by atoms with Gasteiger partial charge in [0.25, 0.3) is 5.91 Å². The summed E-state index contributed by atoms with van der Waals surface area (Å²) in [5, 5.41) is 22.7. The first-order valence-electron chi connectivity index (χ1n) is 7.34. The topological polar surface area (TPSA) is 86.0 Å². The summed E-state index contributed by atoms with van der Waals surface area (Å²) in [6, 6.07) is 15.6. The van der Waals surface area contributed by atoms with E-state index in [1.54, 1.807) is 36.5 Å². The Bertz CT molecular complexity index is 1030. The van der Waals surface area contributed by atoms with Gasteiger partial charge in [-0.05, 0) is 48.5 Å². The number of pyridine rings is 1. The number of nitrogens with zero attached hydrogens (tertiary/aromatic N) is 2. The number of hydrogen-bond acceptors (Lipinski definition) is 4. The first kappa shape index (κ1) is 16.7. The molecule has 0 radical (unpaired) electrons. The van der Waals surface area contributed by atoms with E-state index in [9.17, 15) is 15.2 Å². The predicted octanol–water partition coefficient (Wildman–Crippen LogP) is 4.25. The van der Waals surface area contributed by atoms with Gasteiger partial charge in [0.05, 0.1) is 11.2 Å². The number of rotatable bonds is 3. The van der Waals surface area contributed by atoms with Gasteiger partial charge in [0.1, 0.15) is 17.4 Å². The minimum atomic E-state index is -0.557. The van der Waals surface area contributed by atoms with Crippen molar-refractivity contribution in [3.8, 4) is 11.8 Å². The summed E-state index contributed by atoms with van der Waals surface area (Å²) < 4.78 is 0.731. The van der Waals surface area contributed by atoms with Gasteiger partial charge in [-0.15, -0.1) is 0 Å². The molecule has 1 heterocycles. The number of amides is 1. The molecule has 1 amide bonds. The number of aromatic nitrogens is 1. The van der Waals surface area contributed by atoms with Crippen LogP contribution in [-0.4, -0.2) is 16.0 Å². The lowest BCUT2D eigenvalue weighted by atomic mass is 10.1. The molecule has 2 N–H and O–H groups in total. The molecule has 5 nitrogen and oxygen atoms in total. The molecule has 0 atom stereocenters. The third-order valence-electron chi connectivity index (χ3n) is 3.55. The van der Waals surface area contributed by atoms with Gasteiger partial charge in [-0.1, -0.05) is 22.0 Å². The maximum Gasteiger partial charge on any atom is 0.266 e. The number of hydrogen-bond donors (Lipinski definition) is 2. The average molecular weight is 394 g/mol. The molecule has 122 valence electrons. The maximum absolute atomic E-state index is 12.5. The molecule has 1 aromatic heterocycles. The molecule has 0 bridgehead atoms. The van der Waals surface area contributed by atoms with Crippen molar-refractivity contribution in [3.05, 3.63) is 70.3 Å². The zero-order chi connectivity index (χ0) is 17.8. The quantitative estimate of drug-likeness (QED) is 0.514. The summed E-state index contributed by atoms with van der Waals surface area (Å²) in [4.78, 5) is 16.7. The number of phenolic OH excluding ortho intramolecular Hbond substituents is 1. The molecule has 0 aliphatic rings. The van der Waals surface area contributed by atoms with Gasteiger partial charge >= 0.3 is 0 Å². The molecule has 2 aromatic carbocycles. The molecule has 0 saturated carbocycles. The van der Waals surface area contributed by atoms with Crippen LogP contribution in [0, 0.1) is 11.3 Å². The van der Waals surface area contributed by atoms with E-state index in [2.05, 4.69) is 26.2 Å². The van der Waals surface area contributed by atoms with Crippen LogP contribution in [0.5, 0.6) is 5.75 Å². The number of anilines is 1. The zero-order valence-corrected chi connectivity index (χ0v) is 14.5. The van der Waals surface area contributed by atoms with E-state index in [0.717, 1.165) is 15.4 Å². The van der Waals surface area contributed by atoms with E-state index in [1.807, 2.05) is 18.2 Å². The summed E-state index contributed by atoms with van der Waals surface area (Å²) in [5.74, 6) is -0.573. The molecule has 0 spiro atoms. The average Bonchev–Trinajstić information content (AvgIpc) is 2.62. The van der Waals surface area contributed by atoms with Gasteiger partial charge in [0.15, 0.2) is 0 Å². The van der Waals surface area contributed by atoms with Crippen LogP contribution in [0.15, 0.2) is 64.8 Å². The van der Waals surface area contributed by atoms with Gasteiger partial charge in [0.2, 0.25) is 0 Å². The molecule has 0 saturated heterocycles. The largest absolute Gasteiger partial charge is 0.507 e. The lowest BCUT2D eigenvalue weighted by Gasteiger charge is -2.08. The second-order valence-electron chi connectivity index (χ2n) is 5.20. The number of carbonyl (C=O) groups excluding carboxylic acids is 1. The Kier molecular flexibility index (Phi) is 4.78. The van der Waals surface area contributed by atoms with Crippen molar-refractivity contribution < 1.29 is 9.90 Å². The number of halogens is 1. The number of fused-ring (bicyclic) bond motifs is 1. The van der Waals surface area contributed by atoms with Gasteiger partial charge < -0.3 is 10.4 Å². The lowest BCUT2D eigenvalue weighted by molar-refractivity contribution is -0.112. The normalized spacial score (nSPS) is 11.1. The highest BCUT2D eigenvalue weighted by molar-refractivity contribution is 9.10. The fourth-order valence-corrected chi connectivity index (χ4v) is 2.73. The second kappa shape index (κ2) is 7.16. The van der Waals surface area contributed by atoms with Gasteiger partial charge in [-0.25, -0.2) is 0 Å². The highest BCUT2D eigenvalue weighted by Gasteiger charge is 2.12. The molecule has 0 aliphatic heterocycles. The van der Waals surface area contributed by atoms with Crippen LogP contribution in [0.4, 0.5) is 5.69 Å². The van der Waals surface area contributed by atoms with Crippen LogP contribution in [0.1, 0.15) is 5.56 Å². The number of carbonyl (C=O) groups is 1. The predicted molar refractivity (Wildman–Crippen MR) is 99.8 cm³/mol. The van der Waals surface area contributed by atoms with Crippen LogP contribution in [0.3, 0.4) is 0 Å². The van der Waals surface area contributed by atoms with Crippen LogP contribution in [0.2, 0.25) is 0 Å². The third-order valence-corrected chi connectivity index (χ3v) is 4.04. The van der Waals surface area contributed by atoms with Crippen LogP contribution >= 0.6 is 15.9 Å². The lowest BCUT2D eigenvalue weighted by Crippen LogP contribution is -2.13. The van der Waals surface area contributed by atoms with E-state index in [0.29, 0.717) is 11.3 Å². The van der Waals surface area contributed by atoms with Crippen LogP contribution < -0.4 is 5.32 Å². The Balaban J connectivity index is 1.94. The number of phenols is 1. The highest BCUT2D eigenvalue weighted by Crippen LogP contribution is 2.25. The van der Waals surface area contributed by atoms with Crippen molar-refractivity contribution in [2.75, 3.05) is 5.32 Å². The zero-order valence-electron chi connectivity index (χ0n) is 12.9. The molecule has 3 aromatic rings. The fourth-order valence-electron chi connectivity index (χ4n) is 2.35. The first-order valence-corrected chi connectivity index (χ1v) is 8.13. The summed E-state index contributed by atoms with van der Waals surface area (Å²) in [7, 11) is 0. The summed E-state index contributed by atoms with van der Waals surface area (Å²) in [5.41, 5.74) is 1.57. The number of aromatic hydroxyl groups is 1. The van der Waals surface area contributed by atoms with Gasteiger partial charge in [0, 0.05) is 21.6 Å². The van der Waals surface area contributed by atoms with Crippen LogP contribution in [0.25, 0.3) is 17.0 Å². The number of nitrogens with one attached hydrogen (secondary N) is 1. The van der Waals surface area contributed by atoms with E-state index in [-0.39, 0.29) is 11.3 Å². The van der Waals surface area contributed by atoms with Crippen molar-refractivity contribution in [3.63, 3.8) is 0 Å². The Morgan fingerprint density at radius 1 is 1.24 bits per heavy atom. The van der Waals surface area contributed by atoms with E-state index < -0.39 is 5.91 Å². The van der Waals surface area contributed by atoms with Gasteiger partial charge in [-0.3, -0.25) is 9.78 Å². The molecule has 0 unspecified atom stereocenters. The minimum absolute atomic E-state index is 0.0156. The molecule has 0 aliphatic carbocycles. The number of nitriles is 1. The van der Waals surface area contributed by atoms with E-state index >= 15 is 0 Å². The Morgan fingerprint density at radius 2 is 2.08 bits per heavy atom. The summed E-state index contributed by atoms with van der Waals surface area (Å²) in [6.45, 7) is 0. The monoisotopic (exact) mass is 393 g/mol. The summed E-state index contributed by atoms with van der Waals surface area (Å²) >= 11 is 3.30. The van der Waals surface area contributed by atoms with Crippen molar-refractivity contribution >= 4 is 44.5 Å². The highest BCUT2D eigenvalue weighted by atomic mass is 79.9. The maximum atomic E-state index is 12.5. The van der Waals surface area contributed by atoms with Crippen molar-refractivity contribution in [2.24, 2.45) is 0 Å². The van der Waals surface area contributed by atoms with Crippen LogP contribution in [-0.2, 0) is 4.79 Å². The van der Waals surface area contributed by atoms with E-state index in [1.165, 1.54) is 12.1 Å². The first-order chi connectivity index (χ1) is 12.1.